The van der Waals surface area contributed by atoms with Crippen molar-refractivity contribution in [3.05, 3.63) is 0 Å². The molecule has 1 N–H and O–H groups in total. The number of morpholine rings is 1. The number of carbonyl (C=O) groups excluding carboxylic acids is 1. The lowest BCUT2D eigenvalue weighted by Gasteiger charge is -2.36. The van der Waals surface area contributed by atoms with Gasteiger partial charge in [0.2, 0.25) is 0 Å². The molecule has 1 heterocycles. The quantitative estimate of drug-likeness (QED) is 0.840. The molecule has 1 aliphatic rings. The van der Waals surface area contributed by atoms with Crippen LogP contribution in [0.15, 0.2) is 0 Å². The first kappa shape index (κ1) is 14.6. The minimum Gasteiger partial charge on any atom is -0.372 e. The van der Waals surface area contributed by atoms with Gasteiger partial charge < -0.3 is 15.0 Å². The molecule has 0 spiro atoms. The summed E-state index contributed by atoms with van der Waals surface area (Å²) < 4.78 is 5.62. The first-order chi connectivity index (χ1) is 8.06. The zero-order valence-electron chi connectivity index (χ0n) is 11.2. The van der Waals surface area contributed by atoms with Gasteiger partial charge in [-0.3, -0.25) is 0 Å². The van der Waals surface area contributed by atoms with Crippen molar-refractivity contribution in [3.63, 3.8) is 0 Å². The van der Waals surface area contributed by atoms with Gasteiger partial charge in [0.05, 0.1) is 12.2 Å². The van der Waals surface area contributed by atoms with Gasteiger partial charge in [0, 0.05) is 24.9 Å². The largest absolute Gasteiger partial charge is 0.372 e. The van der Waals surface area contributed by atoms with Crippen molar-refractivity contribution in [3.8, 4) is 0 Å². The fourth-order valence-electron chi connectivity index (χ4n) is 2.07. The Morgan fingerprint density at radius 2 is 2.06 bits per heavy atom. The molecule has 2 amide bonds. The second-order valence-corrected chi connectivity index (χ2v) is 5.58. The normalized spacial score (nSPS) is 26.7. The van der Waals surface area contributed by atoms with E-state index in [1.54, 1.807) is 11.8 Å². The maximum atomic E-state index is 12.1. The summed E-state index contributed by atoms with van der Waals surface area (Å²) in [4.78, 5) is 13.9. The Kier molecular flexibility index (Phi) is 6.12. The summed E-state index contributed by atoms with van der Waals surface area (Å²) in [5, 5.41) is 3.09. The average Bonchev–Trinajstić information content (AvgIpc) is 2.27. The topological polar surface area (TPSA) is 41.6 Å². The number of nitrogens with zero attached hydrogens (tertiary/aromatic N) is 1. The third kappa shape index (κ3) is 4.76. The lowest BCUT2D eigenvalue weighted by atomic mass is 10.2. The standard InChI is InChI=1S/C12H24N2O2S/c1-5-11(8-17-4)13-12(15)14-6-9(2)16-10(3)7-14/h9-11H,5-8H2,1-4H3,(H,13,15)/t9-,10-,11+/m0/s1. The number of hydrogen-bond donors (Lipinski definition) is 1. The van der Waals surface area contributed by atoms with Crippen LogP contribution in [0, 0.1) is 0 Å². The summed E-state index contributed by atoms with van der Waals surface area (Å²) in [6.45, 7) is 7.49. The van der Waals surface area contributed by atoms with E-state index in [0.29, 0.717) is 13.1 Å². The number of carbonyl (C=O) groups is 1. The maximum absolute atomic E-state index is 12.1. The van der Waals surface area contributed by atoms with E-state index < -0.39 is 0 Å². The fourth-order valence-corrected chi connectivity index (χ4v) is 2.79. The first-order valence-corrected chi connectivity index (χ1v) is 7.66. The highest BCUT2D eigenvalue weighted by atomic mass is 32.2. The lowest BCUT2D eigenvalue weighted by Crippen LogP contribution is -2.53. The highest BCUT2D eigenvalue weighted by Gasteiger charge is 2.26. The highest BCUT2D eigenvalue weighted by Crippen LogP contribution is 2.11. The van der Waals surface area contributed by atoms with Crippen molar-refractivity contribution in [2.45, 2.75) is 45.4 Å². The second kappa shape index (κ2) is 7.11. The molecule has 0 radical (unpaired) electrons. The van der Waals surface area contributed by atoms with E-state index in [1.165, 1.54) is 0 Å². The molecule has 0 aromatic rings. The molecule has 1 saturated heterocycles. The Bertz CT molecular complexity index is 241. The van der Waals surface area contributed by atoms with Gasteiger partial charge >= 0.3 is 6.03 Å². The molecule has 0 unspecified atom stereocenters. The van der Waals surface area contributed by atoms with Crippen LogP contribution in [0.5, 0.6) is 0 Å². The molecule has 0 aromatic carbocycles. The number of nitrogens with one attached hydrogen (secondary N) is 1. The van der Waals surface area contributed by atoms with Gasteiger partial charge in [0.15, 0.2) is 0 Å². The predicted octanol–water partition coefficient (Wildman–Crippen LogP) is 1.95. The van der Waals surface area contributed by atoms with Crippen LogP contribution in [0.4, 0.5) is 4.79 Å². The van der Waals surface area contributed by atoms with Crippen molar-refractivity contribution in [1.82, 2.24) is 10.2 Å². The Hall–Kier alpha value is -0.420. The Morgan fingerprint density at radius 1 is 1.47 bits per heavy atom. The van der Waals surface area contributed by atoms with Gasteiger partial charge in [-0.2, -0.15) is 11.8 Å². The van der Waals surface area contributed by atoms with E-state index >= 15 is 0 Å². The molecule has 1 fully saturated rings. The zero-order chi connectivity index (χ0) is 12.8. The van der Waals surface area contributed by atoms with Crippen LogP contribution in [-0.4, -0.2) is 54.3 Å². The molecule has 0 saturated carbocycles. The molecule has 0 aromatic heterocycles. The SMILES string of the molecule is CC[C@H](CSC)NC(=O)N1C[C@H](C)O[C@@H](C)C1. The van der Waals surface area contributed by atoms with Gasteiger partial charge in [0.25, 0.3) is 0 Å². The molecule has 5 heteroatoms. The van der Waals surface area contributed by atoms with E-state index in [1.807, 2.05) is 18.7 Å². The number of ether oxygens (including phenoxy) is 1. The Balaban J connectivity index is 2.45. The molecule has 0 aliphatic carbocycles. The number of urea groups is 1. The molecule has 0 bridgehead atoms. The average molecular weight is 260 g/mol. The summed E-state index contributed by atoms with van der Waals surface area (Å²) in [5.41, 5.74) is 0. The first-order valence-electron chi connectivity index (χ1n) is 6.26. The predicted molar refractivity (Wildman–Crippen MR) is 72.6 cm³/mol. The summed E-state index contributed by atoms with van der Waals surface area (Å²) in [6, 6.07) is 0.318. The molecule has 1 rings (SSSR count). The molecule has 100 valence electrons. The van der Waals surface area contributed by atoms with E-state index in [0.717, 1.165) is 12.2 Å². The molecule has 17 heavy (non-hydrogen) atoms. The number of hydrogen-bond acceptors (Lipinski definition) is 3. The van der Waals surface area contributed by atoms with Gasteiger partial charge in [0.1, 0.15) is 0 Å². The number of thioether (sulfide) groups is 1. The zero-order valence-corrected chi connectivity index (χ0v) is 12.0. The Labute approximate surface area is 108 Å². The number of amides is 2. The molecular formula is C12H24N2O2S. The van der Waals surface area contributed by atoms with Gasteiger partial charge in [-0.25, -0.2) is 4.79 Å². The summed E-state index contributed by atoms with van der Waals surface area (Å²) in [5.74, 6) is 0.970. The van der Waals surface area contributed by atoms with Crippen molar-refractivity contribution < 1.29 is 9.53 Å². The summed E-state index contributed by atoms with van der Waals surface area (Å²) >= 11 is 1.77. The lowest BCUT2D eigenvalue weighted by molar-refractivity contribution is -0.0547. The van der Waals surface area contributed by atoms with Crippen LogP contribution in [0.25, 0.3) is 0 Å². The summed E-state index contributed by atoms with van der Waals surface area (Å²) in [6.07, 6.45) is 3.30. The highest BCUT2D eigenvalue weighted by molar-refractivity contribution is 7.98. The monoisotopic (exact) mass is 260 g/mol. The van der Waals surface area contributed by atoms with Crippen LogP contribution in [0.2, 0.25) is 0 Å². The van der Waals surface area contributed by atoms with E-state index in [9.17, 15) is 4.79 Å². The van der Waals surface area contributed by atoms with Crippen molar-refractivity contribution in [2.75, 3.05) is 25.1 Å². The van der Waals surface area contributed by atoms with Gasteiger partial charge in [-0.05, 0) is 26.5 Å². The third-order valence-electron chi connectivity index (χ3n) is 2.90. The fraction of sp³-hybridized carbons (Fsp3) is 0.917. The number of rotatable bonds is 4. The van der Waals surface area contributed by atoms with Crippen LogP contribution in [0.1, 0.15) is 27.2 Å². The molecule has 1 aliphatic heterocycles. The van der Waals surface area contributed by atoms with Crippen LogP contribution in [0.3, 0.4) is 0 Å². The molecule has 3 atom stereocenters. The molecule has 4 nitrogen and oxygen atoms in total. The van der Waals surface area contributed by atoms with E-state index in [4.69, 9.17) is 4.74 Å². The second-order valence-electron chi connectivity index (χ2n) is 4.67. The van der Waals surface area contributed by atoms with E-state index in [2.05, 4.69) is 18.5 Å². The van der Waals surface area contributed by atoms with Crippen LogP contribution < -0.4 is 5.32 Å². The maximum Gasteiger partial charge on any atom is 0.317 e. The molecular weight excluding hydrogens is 236 g/mol. The minimum absolute atomic E-state index is 0.0490. The minimum atomic E-state index is 0.0490. The summed E-state index contributed by atoms with van der Waals surface area (Å²) in [7, 11) is 0. The van der Waals surface area contributed by atoms with Crippen LogP contribution in [-0.2, 0) is 4.74 Å². The van der Waals surface area contributed by atoms with E-state index in [-0.39, 0.29) is 24.3 Å². The van der Waals surface area contributed by atoms with Crippen molar-refractivity contribution in [1.29, 1.82) is 0 Å². The van der Waals surface area contributed by atoms with Gasteiger partial charge in [-0.15, -0.1) is 0 Å². The Morgan fingerprint density at radius 3 is 2.53 bits per heavy atom. The smallest absolute Gasteiger partial charge is 0.317 e. The van der Waals surface area contributed by atoms with Crippen LogP contribution >= 0.6 is 11.8 Å². The van der Waals surface area contributed by atoms with Crippen molar-refractivity contribution in [2.24, 2.45) is 0 Å². The van der Waals surface area contributed by atoms with Gasteiger partial charge in [-0.1, -0.05) is 6.92 Å². The third-order valence-corrected chi connectivity index (χ3v) is 3.63. The van der Waals surface area contributed by atoms with Crippen molar-refractivity contribution >= 4 is 17.8 Å².